The highest BCUT2D eigenvalue weighted by Crippen LogP contribution is 2.56. The summed E-state index contributed by atoms with van der Waals surface area (Å²) in [7, 11) is 0. The van der Waals surface area contributed by atoms with Gasteiger partial charge in [-0.25, -0.2) is 0 Å². The number of rotatable bonds is 0. The summed E-state index contributed by atoms with van der Waals surface area (Å²) in [6.45, 7) is 11.4. The first-order chi connectivity index (χ1) is 7.83. The van der Waals surface area contributed by atoms with E-state index >= 15 is 0 Å². The minimum Gasteiger partial charge on any atom is -0.876 e. The molecule has 2 atom stereocenters. The largest absolute Gasteiger partial charge is 0.876 e. The molecule has 0 saturated carbocycles. The van der Waals surface area contributed by atoms with E-state index in [0.717, 1.165) is 0 Å². The van der Waals surface area contributed by atoms with Crippen LogP contribution in [0, 0.1) is 10.8 Å². The Bertz CT molecular complexity index is 410. The molecule has 2 unspecified atom stereocenters. The van der Waals surface area contributed by atoms with Crippen molar-refractivity contribution in [3.8, 4) is 0 Å². The van der Waals surface area contributed by atoms with E-state index in [-0.39, 0.29) is 5.03 Å². The molecule has 1 aliphatic rings. The summed E-state index contributed by atoms with van der Waals surface area (Å²) >= 11 is 12.9. The van der Waals surface area contributed by atoms with Crippen LogP contribution >= 0.6 is 23.2 Å². The average molecular weight is 291 g/mol. The van der Waals surface area contributed by atoms with E-state index in [1.54, 1.807) is 0 Å². The molecule has 1 aliphatic carbocycles. The predicted molar refractivity (Wildman–Crippen MR) is 72.2 cm³/mol. The molecule has 104 valence electrons. The topological polar surface area (TPSA) is 46.1 Å². The van der Waals surface area contributed by atoms with Crippen molar-refractivity contribution in [1.29, 1.82) is 0 Å². The second-order valence-electron chi connectivity index (χ2n) is 6.83. The van der Waals surface area contributed by atoms with Crippen LogP contribution in [-0.2, 0) is 0 Å². The van der Waals surface area contributed by atoms with Gasteiger partial charge in [-0.15, -0.1) is 17.4 Å². The third-order valence-electron chi connectivity index (χ3n) is 3.26. The maximum Gasteiger partial charge on any atom is 0.105 e. The van der Waals surface area contributed by atoms with E-state index in [1.165, 1.54) is 6.08 Å². The van der Waals surface area contributed by atoms with Gasteiger partial charge in [0.1, 0.15) is 4.87 Å². The second kappa shape index (κ2) is 4.43. The van der Waals surface area contributed by atoms with Crippen molar-refractivity contribution in [2.24, 2.45) is 10.8 Å². The Morgan fingerprint density at radius 2 is 1.61 bits per heavy atom. The number of hydrogen-bond donors (Lipinski definition) is 0. The smallest absolute Gasteiger partial charge is 0.105 e. The fraction of sp³-hybridized carbons (Fsp3) is 0.714. The summed E-state index contributed by atoms with van der Waals surface area (Å²) in [5.41, 5.74) is -0.541. The van der Waals surface area contributed by atoms with Gasteiger partial charge in [0.05, 0.1) is 0 Å². The van der Waals surface area contributed by atoms with Crippen molar-refractivity contribution >= 4 is 23.2 Å². The minimum absolute atomic E-state index is 0.265. The summed E-state index contributed by atoms with van der Waals surface area (Å²) in [4.78, 5) is -1.11. The summed E-state index contributed by atoms with van der Waals surface area (Å²) < 4.78 is 0. The molecule has 0 amide bonds. The zero-order valence-corrected chi connectivity index (χ0v) is 13.2. The van der Waals surface area contributed by atoms with Crippen molar-refractivity contribution in [2.75, 3.05) is 0 Å². The van der Waals surface area contributed by atoms with Crippen molar-refractivity contribution in [2.45, 2.75) is 52.5 Å². The predicted octanol–water partition coefficient (Wildman–Crippen LogP) is 2.54. The Labute approximate surface area is 119 Å². The lowest BCUT2D eigenvalue weighted by molar-refractivity contribution is -0.444. The first-order valence-electron chi connectivity index (χ1n) is 5.98. The molecular weight excluding hydrogens is 271 g/mol. The Kier molecular flexibility index (Phi) is 3.91. The summed E-state index contributed by atoms with van der Waals surface area (Å²) in [5.74, 6) is -0.447. The number of allylic oxidation sites excluding steroid dienone is 2. The standard InChI is InChI=1S/C14H21Cl2O2/c1-12(2,3)11-10(18)8(17)7-9(15)14(11,16)13(4,5)6/h7-8,18H,1-6H3/q-1/p-1. The molecule has 0 aliphatic heterocycles. The molecule has 0 N–H and O–H groups in total. The molecule has 0 radical (unpaired) electrons. The third kappa shape index (κ3) is 2.31. The number of halogens is 2. The van der Waals surface area contributed by atoms with Crippen molar-refractivity contribution in [3.05, 3.63) is 22.4 Å². The monoisotopic (exact) mass is 290 g/mol. The van der Waals surface area contributed by atoms with Gasteiger partial charge in [0.15, 0.2) is 0 Å². The van der Waals surface area contributed by atoms with Crippen LogP contribution in [0.4, 0.5) is 0 Å². The summed E-state index contributed by atoms with van der Waals surface area (Å²) in [6, 6.07) is 0. The van der Waals surface area contributed by atoms with Gasteiger partial charge < -0.3 is 10.2 Å². The van der Waals surface area contributed by atoms with Crippen molar-refractivity contribution in [3.63, 3.8) is 0 Å². The number of hydrogen-bond acceptors (Lipinski definition) is 2. The first kappa shape index (κ1) is 15.9. The average Bonchev–Trinajstić information content (AvgIpc) is 2.11. The SMILES string of the molecule is CC(C)(C)C1=C([O-])C([O-])C=C(Cl)C1(Cl)C(C)(C)C. The Morgan fingerprint density at radius 1 is 1.17 bits per heavy atom. The molecular formula is C14H20Cl2O2-2. The molecule has 0 spiro atoms. The van der Waals surface area contributed by atoms with Crippen molar-refractivity contribution < 1.29 is 10.2 Å². The van der Waals surface area contributed by atoms with Crippen LogP contribution < -0.4 is 10.2 Å². The molecule has 0 fully saturated rings. The summed E-state index contributed by atoms with van der Waals surface area (Å²) in [5, 5.41) is 24.3. The van der Waals surface area contributed by atoms with Gasteiger partial charge in [-0.3, -0.25) is 0 Å². The number of alkyl halides is 1. The normalized spacial score (nSPS) is 30.5. The molecule has 1 rings (SSSR count). The lowest BCUT2D eigenvalue weighted by atomic mass is 9.65. The molecule has 4 heteroatoms. The van der Waals surface area contributed by atoms with E-state index in [4.69, 9.17) is 23.2 Å². The molecule has 18 heavy (non-hydrogen) atoms. The molecule has 0 bridgehead atoms. The van der Waals surface area contributed by atoms with Crippen LogP contribution in [-0.4, -0.2) is 11.0 Å². The van der Waals surface area contributed by atoms with Gasteiger partial charge in [0, 0.05) is 5.03 Å². The maximum absolute atomic E-state index is 12.2. The highest BCUT2D eigenvalue weighted by molar-refractivity contribution is 6.41. The van der Waals surface area contributed by atoms with E-state index < -0.39 is 27.6 Å². The first-order valence-corrected chi connectivity index (χ1v) is 6.73. The Hall–Kier alpha value is -0.180. The van der Waals surface area contributed by atoms with Gasteiger partial charge in [-0.2, -0.15) is 0 Å². The van der Waals surface area contributed by atoms with E-state index in [9.17, 15) is 10.2 Å². The molecule has 0 aromatic heterocycles. The third-order valence-corrected chi connectivity index (χ3v) is 4.73. The van der Waals surface area contributed by atoms with E-state index in [0.29, 0.717) is 5.57 Å². The van der Waals surface area contributed by atoms with E-state index in [1.807, 2.05) is 41.5 Å². The lowest BCUT2D eigenvalue weighted by Gasteiger charge is -2.53. The van der Waals surface area contributed by atoms with Crippen LogP contribution in [0.25, 0.3) is 0 Å². The van der Waals surface area contributed by atoms with Crippen molar-refractivity contribution in [1.82, 2.24) is 0 Å². The minimum atomic E-state index is -1.44. The molecule has 0 aromatic carbocycles. The van der Waals surface area contributed by atoms with Gasteiger partial charge in [0.2, 0.25) is 0 Å². The van der Waals surface area contributed by atoms with Crippen LogP contribution in [0.3, 0.4) is 0 Å². The quantitative estimate of drug-likeness (QED) is 0.644. The molecule has 0 aromatic rings. The maximum atomic E-state index is 12.2. The van der Waals surface area contributed by atoms with Gasteiger partial charge in [0.25, 0.3) is 0 Å². The molecule has 2 nitrogen and oxygen atoms in total. The highest BCUT2D eigenvalue weighted by atomic mass is 35.5. The summed E-state index contributed by atoms with van der Waals surface area (Å²) in [6.07, 6.45) is -0.210. The fourth-order valence-electron chi connectivity index (χ4n) is 2.37. The van der Waals surface area contributed by atoms with Crippen LogP contribution in [0.15, 0.2) is 22.4 Å². The molecule has 0 heterocycles. The van der Waals surface area contributed by atoms with Gasteiger partial charge in [-0.1, -0.05) is 70.9 Å². The van der Waals surface area contributed by atoms with Gasteiger partial charge >= 0.3 is 0 Å². The van der Waals surface area contributed by atoms with E-state index in [2.05, 4.69) is 0 Å². The zero-order valence-electron chi connectivity index (χ0n) is 11.7. The zero-order chi connectivity index (χ0) is 14.5. The van der Waals surface area contributed by atoms with Crippen LogP contribution in [0.2, 0.25) is 0 Å². The fourth-order valence-corrected chi connectivity index (χ4v) is 3.31. The Morgan fingerprint density at radius 3 is 1.94 bits per heavy atom. The molecule has 0 saturated heterocycles. The van der Waals surface area contributed by atoms with Gasteiger partial charge in [-0.05, 0) is 10.8 Å². The lowest BCUT2D eigenvalue weighted by Crippen LogP contribution is -2.51. The Balaban J connectivity index is 3.61. The second-order valence-corrected chi connectivity index (χ2v) is 7.81. The highest BCUT2D eigenvalue weighted by Gasteiger charge is 2.50. The van der Waals surface area contributed by atoms with Crippen LogP contribution in [0.5, 0.6) is 0 Å². The van der Waals surface area contributed by atoms with Crippen LogP contribution in [0.1, 0.15) is 41.5 Å².